The Morgan fingerprint density at radius 1 is 1.22 bits per heavy atom. The third kappa shape index (κ3) is 4.47. The van der Waals surface area contributed by atoms with Crippen molar-refractivity contribution in [3.63, 3.8) is 0 Å². The smallest absolute Gasteiger partial charge is 0.331 e. The van der Waals surface area contributed by atoms with Crippen LogP contribution >= 0.6 is 23.7 Å². The van der Waals surface area contributed by atoms with E-state index in [1.54, 1.807) is 15.7 Å². The highest BCUT2D eigenvalue weighted by molar-refractivity contribution is 7.19. The number of hydrogen-bond donors (Lipinski definition) is 1. The zero-order valence-electron chi connectivity index (χ0n) is 20.4. The lowest BCUT2D eigenvalue weighted by molar-refractivity contribution is 0.0766. The molecule has 4 aromatic rings. The second-order valence-corrected chi connectivity index (χ2v) is 10.7. The van der Waals surface area contributed by atoms with E-state index in [4.69, 9.17) is 0 Å². The van der Waals surface area contributed by atoms with E-state index >= 15 is 0 Å². The summed E-state index contributed by atoms with van der Waals surface area (Å²) in [4.78, 5) is 47.6. The van der Waals surface area contributed by atoms with E-state index in [2.05, 4.69) is 4.98 Å². The largest absolute Gasteiger partial charge is 0.391 e. The van der Waals surface area contributed by atoms with Crippen molar-refractivity contribution >= 4 is 50.8 Å². The van der Waals surface area contributed by atoms with Crippen LogP contribution in [0.4, 0.5) is 0 Å². The van der Waals surface area contributed by atoms with Gasteiger partial charge in [0.1, 0.15) is 4.83 Å². The summed E-state index contributed by atoms with van der Waals surface area (Å²) in [6, 6.07) is 9.75. The van der Waals surface area contributed by atoms with Gasteiger partial charge in [0.05, 0.1) is 22.6 Å². The minimum Gasteiger partial charge on any atom is -0.391 e. The SMILES string of the molecule is CC(C)Cn1c(=O)n(C)c(=O)c2c(C(=O)N3CC[C@@H](O)C3)c(Cc3ccnc4ccccc34)sc21.Cl. The average molecular weight is 529 g/mol. The average Bonchev–Trinajstić information content (AvgIpc) is 3.44. The van der Waals surface area contributed by atoms with Crippen LogP contribution in [0, 0.1) is 5.92 Å². The van der Waals surface area contributed by atoms with Crippen LogP contribution < -0.4 is 11.2 Å². The molecule has 0 aliphatic carbocycles. The predicted molar refractivity (Wildman–Crippen MR) is 144 cm³/mol. The topological polar surface area (TPSA) is 97.4 Å². The summed E-state index contributed by atoms with van der Waals surface area (Å²) in [6.07, 6.45) is 2.11. The molecule has 1 aliphatic heterocycles. The van der Waals surface area contributed by atoms with Gasteiger partial charge >= 0.3 is 5.69 Å². The molecule has 0 spiro atoms. The first kappa shape index (κ1) is 26.1. The first-order valence-electron chi connectivity index (χ1n) is 11.8. The van der Waals surface area contributed by atoms with Crippen LogP contribution in [0.3, 0.4) is 0 Å². The van der Waals surface area contributed by atoms with E-state index in [1.807, 2.05) is 44.2 Å². The third-order valence-electron chi connectivity index (χ3n) is 6.55. The number of aromatic nitrogens is 3. The first-order chi connectivity index (χ1) is 16.8. The lowest BCUT2D eigenvalue weighted by Crippen LogP contribution is -2.39. The van der Waals surface area contributed by atoms with Gasteiger partial charge in [-0.05, 0) is 30.0 Å². The molecular weight excluding hydrogens is 500 g/mol. The quantitative estimate of drug-likeness (QED) is 0.429. The van der Waals surface area contributed by atoms with E-state index < -0.39 is 11.7 Å². The van der Waals surface area contributed by atoms with Gasteiger partial charge < -0.3 is 10.0 Å². The molecule has 0 saturated carbocycles. The van der Waals surface area contributed by atoms with Gasteiger partial charge in [0, 0.05) is 49.6 Å². The van der Waals surface area contributed by atoms with Crippen molar-refractivity contribution in [3.8, 4) is 0 Å². The third-order valence-corrected chi connectivity index (χ3v) is 7.76. The highest BCUT2D eigenvalue weighted by Crippen LogP contribution is 2.34. The number of benzene rings is 1. The summed E-state index contributed by atoms with van der Waals surface area (Å²) in [5, 5.41) is 11.3. The van der Waals surface area contributed by atoms with Crippen LogP contribution in [-0.4, -0.2) is 49.2 Å². The Balaban J connectivity index is 0.00000304. The summed E-state index contributed by atoms with van der Waals surface area (Å²) in [5.41, 5.74) is 1.35. The monoisotopic (exact) mass is 528 g/mol. The molecule has 0 radical (unpaired) electrons. The van der Waals surface area contributed by atoms with Crippen LogP contribution in [0.5, 0.6) is 0 Å². The van der Waals surface area contributed by atoms with E-state index in [0.717, 1.165) is 25.9 Å². The molecular formula is C26H29ClN4O4S. The molecule has 1 aliphatic rings. The van der Waals surface area contributed by atoms with Crippen LogP contribution in [0.2, 0.25) is 0 Å². The molecule has 190 valence electrons. The molecule has 8 nitrogen and oxygen atoms in total. The normalized spacial score (nSPS) is 15.7. The zero-order chi connectivity index (χ0) is 24.9. The minimum atomic E-state index is -0.571. The number of β-amino-alcohol motifs (C(OH)–C–C–N with tert-alkyl or cyclic N) is 1. The number of carbonyl (C=O) groups is 1. The van der Waals surface area contributed by atoms with Crippen LogP contribution in [0.15, 0.2) is 46.1 Å². The summed E-state index contributed by atoms with van der Waals surface area (Å²) in [7, 11) is 1.46. The number of fused-ring (bicyclic) bond motifs is 2. The zero-order valence-corrected chi connectivity index (χ0v) is 22.1. The maximum absolute atomic E-state index is 13.8. The number of carbonyl (C=O) groups excluding carboxylic acids is 1. The van der Waals surface area contributed by atoms with E-state index in [-0.39, 0.29) is 41.9 Å². The van der Waals surface area contributed by atoms with Gasteiger partial charge in [-0.1, -0.05) is 32.0 Å². The lowest BCUT2D eigenvalue weighted by atomic mass is 10.0. The fourth-order valence-electron chi connectivity index (χ4n) is 4.82. The maximum atomic E-state index is 13.8. The van der Waals surface area contributed by atoms with Crippen molar-refractivity contribution < 1.29 is 9.90 Å². The predicted octanol–water partition coefficient (Wildman–Crippen LogP) is 3.19. The molecule has 4 heterocycles. The van der Waals surface area contributed by atoms with Gasteiger partial charge in [0.25, 0.3) is 11.5 Å². The molecule has 1 saturated heterocycles. The second-order valence-electron chi connectivity index (χ2n) is 9.59. The van der Waals surface area contributed by atoms with Crippen LogP contribution in [-0.2, 0) is 20.0 Å². The van der Waals surface area contributed by atoms with E-state index in [1.165, 1.54) is 18.4 Å². The Morgan fingerprint density at radius 3 is 2.67 bits per heavy atom. The Hall–Kier alpha value is -3.01. The molecule has 1 N–H and O–H groups in total. The number of likely N-dealkylation sites (tertiary alicyclic amines) is 1. The second kappa shape index (κ2) is 10.2. The Labute approximate surface area is 218 Å². The van der Waals surface area contributed by atoms with Crippen molar-refractivity contribution in [1.29, 1.82) is 0 Å². The van der Waals surface area contributed by atoms with Gasteiger partial charge in [-0.2, -0.15) is 0 Å². The Bertz CT molecular complexity index is 1570. The van der Waals surface area contributed by atoms with Crippen molar-refractivity contribution in [3.05, 3.63) is 73.4 Å². The molecule has 1 amide bonds. The molecule has 3 aromatic heterocycles. The molecule has 36 heavy (non-hydrogen) atoms. The number of aliphatic hydroxyl groups is 1. The van der Waals surface area contributed by atoms with Crippen LogP contribution in [0.25, 0.3) is 21.1 Å². The van der Waals surface area contributed by atoms with E-state index in [9.17, 15) is 19.5 Å². The summed E-state index contributed by atoms with van der Waals surface area (Å²) in [6.45, 7) is 5.13. The highest BCUT2D eigenvalue weighted by atomic mass is 35.5. The van der Waals surface area contributed by atoms with Gasteiger partial charge in [-0.25, -0.2) is 4.79 Å². The summed E-state index contributed by atoms with van der Waals surface area (Å²) < 4.78 is 2.72. The lowest BCUT2D eigenvalue weighted by Gasteiger charge is -2.17. The molecule has 10 heteroatoms. The van der Waals surface area contributed by atoms with Crippen molar-refractivity contribution in [2.24, 2.45) is 13.0 Å². The van der Waals surface area contributed by atoms with Crippen molar-refractivity contribution in [2.75, 3.05) is 13.1 Å². The first-order valence-corrected chi connectivity index (χ1v) is 12.6. The Kier molecular flexibility index (Phi) is 7.36. The number of nitrogens with zero attached hydrogens (tertiary/aromatic N) is 4. The number of amides is 1. The standard InChI is InChI=1S/C26H28N4O4S.ClH/c1-15(2)13-30-25-22(23(32)28(3)26(30)34)21(24(33)29-11-9-17(31)14-29)20(35-25)12-16-8-10-27-19-7-5-4-6-18(16)19;/h4-8,10,15,17,31H,9,11-14H2,1-3H3;1H/t17-;/m1./s1. The van der Waals surface area contributed by atoms with Gasteiger partial charge in [-0.3, -0.25) is 23.7 Å². The fourth-order valence-corrected chi connectivity index (χ4v) is 6.13. The summed E-state index contributed by atoms with van der Waals surface area (Å²) >= 11 is 1.34. The fraction of sp³-hybridized carbons (Fsp3) is 0.385. The number of rotatable bonds is 5. The molecule has 1 aromatic carbocycles. The summed E-state index contributed by atoms with van der Waals surface area (Å²) in [5.74, 6) is -0.0935. The number of halogens is 1. The van der Waals surface area contributed by atoms with Crippen molar-refractivity contribution in [2.45, 2.75) is 39.3 Å². The number of thiophene rings is 1. The minimum absolute atomic E-state index is 0. The number of pyridine rings is 1. The molecule has 0 unspecified atom stereocenters. The highest BCUT2D eigenvalue weighted by Gasteiger charge is 2.32. The number of hydrogen-bond acceptors (Lipinski definition) is 6. The molecule has 0 bridgehead atoms. The maximum Gasteiger partial charge on any atom is 0.331 e. The van der Waals surface area contributed by atoms with Crippen molar-refractivity contribution in [1.82, 2.24) is 19.0 Å². The number of aliphatic hydroxyl groups excluding tert-OH is 1. The Morgan fingerprint density at radius 2 is 1.97 bits per heavy atom. The van der Waals surface area contributed by atoms with Gasteiger partial charge in [-0.15, -0.1) is 23.7 Å². The molecule has 5 rings (SSSR count). The number of para-hydroxylation sites is 1. The molecule has 1 fully saturated rings. The van der Waals surface area contributed by atoms with E-state index in [0.29, 0.717) is 36.3 Å². The molecule has 1 atom stereocenters. The van der Waals surface area contributed by atoms with Gasteiger partial charge in [0.15, 0.2) is 0 Å². The van der Waals surface area contributed by atoms with Gasteiger partial charge in [0.2, 0.25) is 0 Å². The van der Waals surface area contributed by atoms with Crippen LogP contribution in [0.1, 0.15) is 41.1 Å².